The zero-order valence-corrected chi connectivity index (χ0v) is 15.6. The highest BCUT2D eigenvalue weighted by Gasteiger charge is 2.21. The molecule has 1 aromatic rings. The van der Waals surface area contributed by atoms with Crippen molar-refractivity contribution in [3.63, 3.8) is 0 Å². The van der Waals surface area contributed by atoms with Gasteiger partial charge in [0.2, 0.25) is 0 Å². The Balaban J connectivity index is 3.21. The zero-order valence-electron chi connectivity index (χ0n) is 13.6. The Morgan fingerprint density at radius 1 is 0.778 bits per heavy atom. The molecule has 0 aliphatic rings. The zero-order chi connectivity index (χ0) is 14.1. The van der Waals surface area contributed by atoms with E-state index in [0.717, 1.165) is 0 Å². The second-order valence-electron chi connectivity index (χ2n) is 8.19. The van der Waals surface area contributed by atoms with Gasteiger partial charge in [-0.2, -0.15) is 0 Å². The molecule has 0 unspecified atom stereocenters. The van der Waals surface area contributed by atoms with Crippen LogP contribution in [0, 0.1) is 13.8 Å². The molecule has 0 saturated heterocycles. The monoisotopic (exact) mass is 278 g/mol. The van der Waals surface area contributed by atoms with Gasteiger partial charge < -0.3 is 0 Å². The second kappa shape index (κ2) is 5.34. The Morgan fingerprint density at radius 3 is 1.72 bits per heavy atom. The van der Waals surface area contributed by atoms with Crippen molar-refractivity contribution in [1.29, 1.82) is 0 Å². The van der Waals surface area contributed by atoms with Crippen molar-refractivity contribution < 1.29 is 0 Å². The molecule has 1 aromatic carbocycles. The fourth-order valence-corrected chi connectivity index (χ4v) is 5.62. The second-order valence-corrected chi connectivity index (χ2v) is 19.1. The van der Waals surface area contributed by atoms with Crippen molar-refractivity contribution in [1.82, 2.24) is 0 Å². The summed E-state index contributed by atoms with van der Waals surface area (Å²) in [5.41, 5.74) is 6.27. The van der Waals surface area contributed by atoms with Crippen LogP contribution in [0.25, 0.3) is 0 Å². The number of hydrogen-bond acceptors (Lipinski definition) is 0. The van der Waals surface area contributed by atoms with Gasteiger partial charge in [0.05, 0.1) is 0 Å². The Morgan fingerprint density at radius 2 is 1.28 bits per heavy atom. The largest absolute Gasteiger partial charge is 0.0693 e. The molecule has 0 N–H and O–H groups in total. The molecule has 0 bridgehead atoms. The number of rotatable bonds is 4. The first-order valence-corrected chi connectivity index (χ1v) is 14.5. The third kappa shape index (κ3) is 5.11. The van der Waals surface area contributed by atoms with Gasteiger partial charge in [0.25, 0.3) is 0 Å². The van der Waals surface area contributed by atoms with Gasteiger partial charge in [-0.15, -0.1) is 0 Å². The van der Waals surface area contributed by atoms with Crippen LogP contribution in [0.3, 0.4) is 0 Å². The SMILES string of the molecule is Cc1cc(C)c(C[Si](C)(C)C)c(C[Si](C)(C)C)c1. The predicted molar refractivity (Wildman–Crippen MR) is 90.0 cm³/mol. The summed E-state index contributed by atoms with van der Waals surface area (Å²) in [6.07, 6.45) is 0. The third-order valence-electron chi connectivity index (χ3n) is 3.14. The first kappa shape index (κ1) is 15.7. The molecule has 18 heavy (non-hydrogen) atoms. The van der Waals surface area contributed by atoms with Gasteiger partial charge in [0.1, 0.15) is 0 Å². The lowest BCUT2D eigenvalue weighted by molar-refractivity contribution is 1.14. The van der Waals surface area contributed by atoms with Crippen LogP contribution in [0.4, 0.5) is 0 Å². The van der Waals surface area contributed by atoms with Gasteiger partial charge in [-0.05, 0) is 42.6 Å². The predicted octanol–water partition coefficient (Wildman–Crippen LogP) is 5.14. The quantitative estimate of drug-likeness (QED) is 0.669. The van der Waals surface area contributed by atoms with E-state index in [-0.39, 0.29) is 0 Å². The molecule has 0 amide bonds. The summed E-state index contributed by atoms with van der Waals surface area (Å²) in [4.78, 5) is 0. The number of hydrogen-bond donors (Lipinski definition) is 0. The van der Waals surface area contributed by atoms with Crippen molar-refractivity contribution in [2.45, 2.75) is 65.2 Å². The lowest BCUT2D eigenvalue weighted by Gasteiger charge is -2.24. The van der Waals surface area contributed by atoms with Crippen LogP contribution in [0.15, 0.2) is 12.1 Å². The normalized spacial score (nSPS) is 12.9. The highest BCUT2D eigenvalue weighted by molar-refractivity contribution is 6.76. The molecule has 102 valence electrons. The molecule has 0 spiro atoms. The molecule has 2 heteroatoms. The van der Waals surface area contributed by atoms with E-state index in [9.17, 15) is 0 Å². The summed E-state index contributed by atoms with van der Waals surface area (Å²) < 4.78 is 0. The molecule has 0 aliphatic heterocycles. The average molecular weight is 279 g/mol. The summed E-state index contributed by atoms with van der Waals surface area (Å²) >= 11 is 0. The minimum absolute atomic E-state index is 1.04. The maximum absolute atomic E-state index is 2.48. The molecule has 0 radical (unpaired) electrons. The van der Waals surface area contributed by atoms with Crippen LogP contribution >= 0.6 is 0 Å². The van der Waals surface area contributed by atoms with Crippen molar-refractivity contribution >= 4 is 16.1 Å². The van der Waals surface area contributed by atoms with E-state index in [1.165, 1.54) is 23.2 Å². The summed E-state index contributed by atoms with van der Waals surface area (Å²) in [6, 6.07) is 7.47. The fraction of sp³-hybridized carbons (Fsp3) is 0.625. The maximum Gasteiger partial charge on any atom is 0.0487 e. The Bertz CT molecular complexity index is 420. The molecule has 0 heterocycles. The Hall–Kier alpha value is -0.346. The molecule has 0 nitrogen and oxygen atoms in total. The summed E-state index contributed by atoms with van der Waals surface area (Å²) in [5, 5.41) is 0. The third-order valence-corrected chi connectivity index (χ3v) is 5.99. The van der Waals surface area contributed by atoms with Crippen LogP contribution in [0.2, 0.25) is 39.3 Å². The molecule has 0 aromatic heterocycles. The van der Waals surface area contributed by atoms with Crippen molar-refractivity contribution in [3.8, 4) is 0 Å². The Labute approximate surface area is 116 Å². The van der Waals surface area contributed by atoms with Crippen LogP contribution in [-0.2, 0) is 12.1 Å². The molecule has 0 fully saturated rings. The molecule has 0 atom stereocenters. The van der Waals surface area contributed by atoms with Gasteiger partial charge >= 0.3 is 0 Å². The lowest BCUT2D eigenvalue weighted by Crippen LogP contribution is -2.29. The highest BCUT2D eigenvalue weighted by Crippen LogP contribution is 2.25. The van der Waals surface area contributed by atoms with Crippen molar-refractivity contribution in [3.05, 3.63) is 34.4 Å². The minimum Gasteiger partial charge on any atom is -0.0693 e. The highest BCUT2D eigenvalue weighted by atomic mass is 28.3. The van der Waals surface area contributed by atoms with E-state index in [2.05, 4.69) is 65.3 Å². The van der Waals surface area contributed by atoms with Gasteiger partial charge in [0.15, 0.2) is 0 Å². The van der Waals surface area contributed by atoms with E-state index < -0.39 is 16.1 Å². The van der Waals surface area contributed by atoms with E-state index in [1.54, 1.807) is 11.1 Å². The van der Waals surface area contributed by atoms with Gasteiger partial charge in [-0.1, -0.05) is 57.0 Å². The molecule has 0 saturated carbocycles. The first-order valence-electron chi connectivity index (χ1n) is 7.07. The van der Waals surface area contributed by atoms with Crippen LogP contribution in [0.1, 0.15) is 22.3 Å². The van der Waals surface area contributed by atoms with Gasteiger partial charge in [0, 0.05) is 16.1 Å². The summed E-state index contributed by atoms with van der Waals surface area (Å²) in [7, 11) is -2.07. The first-order chi connectivity index (χ1) is 7.98. The van der Waals surface area contributed by atoms with Crippen molar-refractivity contribution in [2.24, 2.45) is 0 Å². The molecular formula is C16H30Si2. The lowest BCUT2D eigenvalue weighted by atomic mass is 10.0. The summed E-state index contributed by atoms with van der Waals surface area (Å²) in [6.45, 7) is 19.4. The summed E-state index contributed by atoms with van der Waals surface area (Å²) in [5.74, 6) is 0. The average Bonchev–Trinajstić information content (AvgIpc) is 2.06. The van der Waals surface area contributed by atoms with E-state index in [0.29, 0.717) is 0 Å². The standard InChI is InChI=1S/C16H30Si2/c1-13-9-14(2)16(12-18(6,7)8)15(10-13)11-17(3,4)5/h9-10H,11-12H2,1-8H3. The van der Waals surface area contributed by atoms with E-state index >= 15 is 0 Å². The Kier molecular flexibility index (Phi) is 4.66. The van der Waals surface area contributed by atoms with Crippen LogP contribution < -0.4 is 0 Å². The van der Waals surface area contributed by atoms with Crippen molar-refractivity contribution in [2.75, 3.05) is 0 Å². The number of benzene rings is 1. The van der Waals surface area contributed by atoms with Crippen LogP contribution in [0.5, 0.6) is 0 Å². The molecule has 0 aliphatic carbocycles. The van der Waals surface area contributed by atoms with E-state index in [1.807, 2.05) is 0 Å². The fourth-order valence-electron chi connectivity index (χ4n) is 2.60. The van der Waals surface area contributed by atoms with E-state index in [4.69, 9.17) is 0 Å². The maximum atomic E-state index is 2.48. The minimum atomic E-state index is -1.04. The van der Waals surface area contributed by atoms with Gasteiger partial charge in [-0.3, -0.25) is 0 Å². The van der Waals surface area contributed by atoms with Crippen LogP contribution in [-0.4, -0.2) is 16.1 Å². The smallest absolute Gasteiger partial charge is 0.0487 e. The number of aryl methyl sites for hydroxylation is 2. The van der Waals surface area contributed by atoms with Gasteiger partial charge in [-0.25, -0.2) is 0 Å². The molecular weight excluding hydrogens is 248 g/mol. The topological polar surface area (TPSA) is 0 Å². The molecule has 1 rings (SSSR count).